The Morgan fingerprint density at radius 2 is 2.24 bits per heavy atom. The van der Waals surface area contributed by atoms with E-state index in [4.69, 9.17) is 9.47 Å². The van der Waals surface area contributed by atoms with E-state index >= 15 is 0 Å². The van der Waals surface area contributed by atoms with E-state index in [1.54, 1.807) is 25.1 Å². The van der Waals surface area contributed by atoms with Gasteiger partial charge in [0.1, 0.15) is 6.10 Å². The fraction of sp³-hybridized carbons (Fsp3) is 0.417. The Labute approximate surface area is 115 Å². The Morgan fingerprint density at radius 3 is 2.82 bits per heavy atom. The molecule has 1 aromatic rings. The number of hydrogen-bond acceptors (Lipinski definition) is 4. The van der Waals surface area contributed by atoms with Crippen LogP contribution in [0.3, 0.4) is 0 Å². The first kappa shape index (κ1) is 14.5. The van der Waals surface area contributed by atoms with Crippen molar-refractivity contribution >= 4 is 34.5 Å². The molecule has 0 heterocycles. The first-order valence-electron chi connectivity index (χ1n) is 5.31. The van der Waals surface area contributed by atoms with E-state index in [1.807, 2.05) is 6.92 Å². The van der Waals surface area contributed by atoms with Gasteiger partial charge in [-0.15, -0.1) is 12.6 Å². The van der Waals surface area contributed by atoms with Gasteiger partial charge in [-0.1, -0.05) is 15.9 Å². The third-order valence-corrected chi connectivity index (χ3v) is 2.91. The van der Waals surface area contributed by atoms with Crippen molar-refractivity contribution in [2.24, 2.45) is 0 Å². The Bertz CT molecular complexity index is 395. The number of halogens is 1. The van der Waals surface area contributed by atoms with Crippen LogP contribution in [0.25, 0.3) is 0 Å². The SMILES string of the molecule is CCOCC(C)OC(=O)c1ccc(Br)cc1S. The Balaban J connectivity index is 2.63. The van der Waals surface area contributed by atoms with Crippen molar-refractivity contribution in [2.75, 3.05) is 13.2 Å². The average molecular weight is 319 g/mol. The van der Waals surface area contributed by atoms with E-state index in [-0.39, 0.29) is 12.1 Å². The van der Waals surface area contributed by atoms with Crippen molar-refractivity contribution in [1.29, 1.82) is 0 Å². The molecule has 0 fully saturated rings. The molecule has 0 aliphatic heterocycles. The second-order valence-electron chi connectivity index (χ2n) is 3.54. The van der Waals surface area contributed by atoms with Gasteiger partial charge in [-0.3, -0.25) is 0 Å². The predicted octanol–water partition coefficient (Wildman–Crippen LogP) is 3.32. The standard InChI is InChI=1S/C12H15BrO3S/c1-3-15-7-8(2)16-12(14)10-5-4-9(13)6-11(10)17/h4-6,8,17H,3,7H2,1-2H3. The third kappa shape index (κ3) is 4.69. The van der Waals surface area contributed by atoms with Gasteiger partial charge in [-0.2, -0.15) is 0 Å². The number of carbonyl (C=O) groups is 1. The van der Waals surface area contributed by atoms with Crippen LogP contribution < -0.4 is 0 Å². The molecule has 0 spiro atoms. The molecule has 17 heavy (non-hydrogen) atoms. The topological polar surface area (TPSA) is 35.5 Å². The molecule has 0 aromatic heterocycles. The Kier molecular flexibility index (Phi) is 6.02. The molecule has 0 saturated carbocycles. The molecule has 0 bridgehead atoms. The molecule has 0 aliphatic carbocycles. The quantitative estimate of drug-likeness (QED) is 0.668. The summed E-state index contributed by atoms with van der Waals surface area (Å²) >= 11 is 7.55. The van der Waals surface area contributed by atoms with Crippen LogP contribution >= 0.6 is 28.6 Å². The maximum atomic E-state index is 11.8. The molecule has 0 saturated heterocycles. The molecule has 1 rings (SSSR count). The summed E-state index contributed by atoms with van der Waals surface area (Å²) in [5, 5.41) is 0. The maximum absolute atomic E-state index is 11.8. The Morgan fingerprint density at radius 1 is 1.53 bits per heavy atom. The van der Waals surface area contributed by atoms with E-state index in [0.29, 0.717) is 23.7 Å². The van der Waals surface area contributed by atoms with Crippen LogP contribution in [-0.2, 0) is 9.47 Å². The average Bonchev–Trinajstić information content (AvgIpc) is 2.26. The summed E-state index contributed by atoms with van der Waals surface area (Å²) in [5.41, 5.74) is 0.458. The van der Waals surface area contributed by atoms with Gasteiger partial charge in [0.25, 0.3) is 0 Å². The molecular weight excluding hydrogens is 304 g/mol. The summed E-state index contributed by atoms with van der Waals surface area (Å²) in [6, 6.07) is 5.22. The number of ether oxygens (including phenoxy) is 2. The zero-order valence-electron chi connectivity index (χ0n) is 9.77. The van der Waals surface area contributed by atoms with Gasteiger partial charge >= 0.3 is 5.97 Å². The van der Waals surface area contributed by atoms with Crippen LogP contribution in [0.1, 0.15) is 24.2 Å². The summed E-state index contributed by atoms with van der Waals surface area (Å²) < 4.78 is 11.3. The molecule has 1 atom stereocenters. The van der Waals surface area contributed by atoms with Crippen molar-refractivity contribution < 1.29 is 14.3 Å². The van der Waals surface area contributed by atoms with Crippen molar-refractivity contribution in [2.45, 2.75) is 24.8 Å². The van der Waals surface area contributed by atoms with Crippen LogP contribution in [-0.4, -0.2) is 25.3 Å². The summed E-state index contributed by atoms with van der Waals surface area (Å²) in [6.07, 6.45) is -0.265. The minimum absolute atomic E-state index is 0.265. The number of carbonyl (C=O) groups excluding carboxylic acids is 1. The van der Waals surface area contributed by atoms with Gasteiger partial charge in [-0.05, 0) is 32.0 Å². The molecule has 94 valence electrons. The van der Waals surface area contributed by atoms with Crippen molar-refractivity contribution in [3.63, 3.8) is 0 Å². The van der Waals surface area contributed by atoms with Gasteiger partial charge in [0, 0.05) is 16.0 Å². The van der Waals surface area contributed by atoms with Crippen LogP contribution in [0.5, 0.6) is 0 Å². The monoisotopic (exact) mass is 318 g/mol. The lowest BCUT2D eigenvalue weighted by atomic mass is 10.2. The molecule has 0 amide bonds. The summed E-state index contributed by atoms with van der Waals surface area (Å²) in [7, 11) is 0. The van der Waals surface area contributed by atoms with Crippen molar-refractivity contribution in [1.82, 2.24) is 0 Å². The number of thiol groups is 1. The maximum Gasteiger partial charge on any atom is 0.339 e. The smallest absolute Gasteiger partial charge is 0.339 e. The highest BCUT2D eigenvalue weighted by Crippen LogP contribution is 2.20. The van der Waals surface area contributed by atoms with Crippen LogP contribution in [0.15, 0.2) is 27.6 Å². The minimum Gasteiger partial charge on any atom is -0.457 e. The third-order valence-electron chi connectivity index (χ3n) is 2.04. The number of benzene rings is 1. The second kappa shape index (κ2) is 7.03. The highest BCUT2D eigenvalue weighted by atomic mass is 79.9. The first-order chi connectivity index (χ1) is 8.04. The molecule has 5 heteroatoms. The summed E-state index contributed by atoms with van der Waals surface area (Å²) in [5.74, 6) is -0.380. The van der Waals surface area contributed by atoms with Crippen molar-refractivity contribution in [3.8, 4) is 0 Å². The van der Waals surface area contributed by atoms with Gasteiger partial charge in [0.05, 0.1) is 12.2 Å². The normalized spacial score (nSPS) is 12.2. The van der Waals surface area contributed by atoms with E-state index in [1.165, 1.54) is 0 Å². The number of rotatable bonds is 5. The molecular formula is C12H15BrO3S. The molecule has 0 radical (unpaired) electrons. The molecule has 1 unspecified atom stereocenters. The lowest BCUT2D eigenvalue weighted by molar-refractivity contribution is 0.00409. The lowest BCUT2D eigenvalue weighted by Gasteiger charge is -2.13. The van der Waals surface area contributed by atoms with Crippen LogP contribution in [0.2, 0.25) is 0 Å². The predicted molar refractivity (Wildman–Crippen MR) is 72.8 cm³/mol. The number of hydrogen-bond donors (Lipinski definition) is 1. The van der Waals surface area contributed by atoms with Gasteiger partial charge in [0.2, 0.25) is 0 Å². The fourth-order valence-electron chi connectivity index (χ4n) is 1.24. The van der Waals surface area contributed by atoms with Crippen molar-refractivity contribution in [3.05, 3.63) is 28.2 Å². The largest absolute Gasteiger partial charge is 0.457 e. The molecule has 0 N–H and O–H groups in total. The zero-order valence-corrected chi connectivity index (χ0v) is 12.3. The van der Waals surface area contributed by atoms with Gasteiger partial charge in [-0.25, -0.2) is 4.79 Å². The minimum atomic E-state index is -0.380. The second-order valence-corrected chi connectivity index (χ2v) is 4.93. The fourth-order valence-corrected chi connectivity index (χ4v) is 2.08. The first-order valence-corrected chi connectivity index (χ1v) is 6.55. The van der Waals surface area contributed by atoms with E-state index in [0.717, 1.165) is 4.47 Å². The van der Waals surface area contributed by atoms with E-state index < -0.39 is 0 Å². The molecule has 0 aliphatic rings. The van der Waals surface area contributed by atoms with Crippen LogP contribution in [0.4, 0.5) is 0 Å². The molecule has 3 nitrogen and oxygen atoms in total. The van der Waals surface area contributed by atoms with Crippen LogP contribution in [0, 0.1) is 0 Å². The van der Waals surface area contributed by atoms with Gasteiger partial charge in [0.15, 0.2) is 0 Å². The lowest BCUT2D eigenvalue weighted by Crippen LogP contribution is -2.20. The molecule has 1 aromatic carbocycles. The summed E-state index contributed by atoms with van der Waals surface area (Å²) in [6.45, 7) is 4.71. The highest BCUT2D eigenvalue weighted by Gasteiger charge is 2.14. The highest BCUT2D eigenvalue weighted by molar-refractivity contribution is 9.10. The Hall–Kier alpha value is -0.520. The van der Waals surface area contributed by atoms with Gasteiger partial charge < -0.3 is 9.47 Å². The van der Waals surface area contributed by atoms with E-state index in [2.05, 4.69) is 28.6 Å². The number of esters is 1. The van der Waals surface area contributed by atoms with E-state index in [9.17, 15) is 4.79 Å². The zero-order chi connectivity index (χ0) is 12.8. The summed E-state index contributed by atoms with van der Waals surface area (Å²) in [4.78, 5) is 12.4.